The van der Waals surface area contributed by atoms with Crippen molar-refractivity contribution >= 4 is 5.97 Å². The third-order valence-corrected chi connectivity index (χ3v) is 2.82. The van der Waals surface area contributed by atoms with Crippen LogP contribution in [0.5, 0.6) is 5.75 Å². The maximum Gasteiger partial charge on any atom is 0.339 e. The van der Waals surface area contributed by atoms with Crippen LogP contribution in [0, 0.1) is 0 Å². The molecular weight excluding hydrogens is 204 g/mol. The highest BCUT2D eigenvalue weighted by Crippen LogP contribution is 2.31. The van der Waals surface area contributed by atoms with E-state index in [0.29, 0.717) is 0 Å². The fourth-order valence-electron chi connectivity index (χ4n) is 1.80. The summed E-state index contributed by atoms with van der Waals surface area (Å²) in [6, 6.07) is 4.90. The van der Waals surface area contributed by atoms with Gasteiger partial charge in [0.1, 0.15) is 11.3 Å². The number of benzene rings is 1. The highest BCUT2D eigenvalue weighted by atomic mass is 16.4. The summed E-state index contributed by atoms with van der Waals surface area (Å²) in [4.78, 5) is 10.9. The van der Waals surface area contributed by atoms with Crippen LogP contribution in [0.15, 0.2) is 18.2 Å². The quantitative estimate of drug-likeness (QED) is 0.802. The summed E-state index contributed by atoms with van der Waals surface area (Å²) in [5, 5.41) is 18.7. The molecule has 0 spiro atoms. The summed E-state index contributed by atoms with van der Waals surface area (Å²) in [6.07, 6.45) is 3.15. The molecule has 3 nitrogen and oxygen atoms in total. The van der Waals surface area contributed by atoms with Crippen molar-refractivity contribution in [2.45, 2.75) is 39.0 Å². The number of carbonyl (C=O) groups is 1. The first-order chi connectivity index (χ1) is 7.57. The SMILES string of the molecule is CCCCC(C)c1cccc(C(=O)O)c1O. The van der Waals surface area contributed by atoms with E-state index >= 15 is 0 Å². The molecule has 0 aliphatic carbocycles. The number of carboxylic acids is 1. The minimum atomic E-state index is -1.08. The highest BCUT2D eigenvalue weighted by molar-refractivity contribution is 5.91. The first-order valence-corrected chi connectivity index (χ1v) is 5.63. The van der Waals surface area contributed by atoms with Crippen LogP contribution in [-0.2, 0) is 0 Å². The number of phenols is 1. The molecule has 0 saturated heterocycles. The Bertz CT molecular complexity index is 371. The Labute approximate surface area is 95.7 Å². The van der Waals surface area contributed by atoms with Gasteiger partial charge in [-0.25, -0.2) is 4.79 Å². The molecule has 0 amide bonds. The zero-order chi connectivity index (χ0) is 12.1. The molecule has 0 aliphatic rings. The summed E-state index contributed by atoms with van der Waals surface area (Å²) in [5.74, 6) is -0.972. The maximum atomic E-state index is 10.9. The van der Waals surface area contributed by atoms with Crippen molar-refractivity contribution < 1.29 is 15.0 Å². The molecule has 0 bridgehead atoms. The average molecular weight is 222 g/mol. The molecule has 1 rings (SSSR count). The lowest BCUT2D eigenvalue weighted by Crippen LogP contribution is -2.01. The molecular formula is C13H18O3. The Balaban J connectivity index is 2.96. The van der Waals surface area contributed by atoms with Crippen molar-refractivity contribution in [2.24, 2.45) is 0 Å². The van der Waals surface area contributed by atoms with Crippen LogP contribution in [0.4, 0.5) is 0 Å². The molecule has 0 aliphatic heterocycles. The summed E-state index contributed by atoms with van der Waals surface area (Å²) in [6.45, 7) is 4.12. The molecule has 1 atom stereocenters. The van der Waals surface area contributed by atoms with Crippen LogP contribution < -0.4 is 0 Å². The van der Waals surface area contributed by atoms with E-state index in [2.05, 4.69) is 6.92 Å². The Morgan fingerprint density at radius 1 is 1.44 bits per heavy atom. The summed E-state index contributed by atoms with van der Waals surface area (Å²) in [5.41, 5.74) is 0.717. The molecule has 1 aromatic carbocycles. The van der Waals surface area contributed by atoms with Crippen molar-refractivity contribution in [1.29, 1.82) is 0 Å². The van der Waals surface area contributed by atoms with E-state index in [9.17, 15) is 9.90 Å². The van der Waals surface area contributed by atoms with Gasteiger partial charge in [-0.1, -0.05) is 38.8 Å². The first-order valence-electron chi connectivity index (χ1n) is 5.63. The molecule has 0 fully saturated rings. The topological polar surface area (TPSA) is 57.5 Å². The standard InChI is InChI=1S/C13H18O3/c1-3-4-6-9(2)10-7-5-8-11(12(10)14)13(15)16/h5,7-9,14H,3-4,6H2,1-2H3,(H,15,16). The minimum absolute atomic E-state index is 0.0131. The van der Waals surface area contributed by atoms with E-state index in [0.717, 1.165) is 24.8 Å². The zero-order valence-corrected chi connectivity index (χ0v) is 9.73. The van der Waals surface area contributed by atoms with Crippen molar-refractivity contribution in [3.8, 4) is 5.75 Å². The second kappa shape index (κ2) is 5.54. The predicted molar refractivity (Wildman–Crippen MR) is 63.0 cm³/mol. The van der Waals surface area contributed by atoms with Crippen molar-refractivity contribution in [1.82, 2.24) is 0 Å². The molecule has 0 saturated carbocycles. The molecule has 0 heterocycles. The van der Waals surface area contributed by atoms with Gasteiger partial charge in [-0.05, 0) is 24.0 Å². The van der Waals surface area contributed by atoms with Gasteiger partial charge >= 0.3 is 5.97 Å². The normalized spacial score (nSPS) is 12.4. The molecule has 0 radical (unpaired) electrons. The molecule has 88 valence electrons. The number of hydrogen-bond acceptors (Lipinski definition) is 2. The van der Waals surface area contributed by atoms with Crippen LogP contribution in [0.3, 0.4) is 0 Å². The van der Waals surface area contributed by atoms with Gasteiger partial charge < -0.3 is 10.2 Å². The third-order valence-electron chi connectivity index (χ3n) is 2.82. The van der Waals surface area contributed by atoms with Crippen molar-refractivity contribution in [3.05, 3.63) is 29.3 Å². The van der Waals surface area contributed by atoms with Gasteiger partial charge in [0.2, 0.25) is 0 Å². The molecule has 1 unspecified atom stereocenters. The van der Waals surface area contributed by atoms with Gasteiger partial charge in [0.05, 0.1) is 0 Å². The smallest absolute Gasteiger partial charge is 0.339 e. The Morgan fingerprint density at radius 2 is 2.12 bits per heavy atom. The number of carboxylic acid groups (broad SMARTS) is 1. The van der Waals surface area contributed by atoms with Gasteiger partial charge in [0, 0.05) is 0 Å². The second-order valence-corrected chi connectivity index (χ2v) is 4.09. The zero-order valence-electron chi connectivity index (χ0n) is 9.73. The monoisotopic (exact) mass is 222 g/mol. The molecule has 3 heteroatoms. The van der Waals surface area contributed by atoms with Crippen LogP contribution >= 0.6 is 0 Å². The van der Waals surface area contributed by atoms with Gasteiger partial charge in [-0.2, -0.15) is 0 Å². The number of para-hydroxylation sites is 1. The summed E-state index contributed by atoms with van der Waals surface area (Å²) in [7, 11) is 0. The van der Waals surface area contributed by atoms with E-state index in [-0.39, 0.29) is 17.2 Å². The maximum absolute atomic E-state index is 10.9. The number of hydrogen-bond donors (Lipinski definition) is 2. The minimum Gasteiger partial charge on any atom is -0.507 e. The van der Waals surface area contributed by atoms with Gasteiger partial charge in [0.15, 0.2) is 0 Å². The fraction of sp³-hybridized carbons (Fsp3) is 0.462. The van der Waals surface area contributed by atoms with Crippen LogP contribution in [0.1, 0.15) is 54.9 Å². The lowest BCUT2D eigenvalue weighted by atomic mass is 9.93. The molecule has 2 N–H and O–H groups in total. The molecule has 1 aromatic rings. The Morgan fingerprint density at radius 3 is 2.69 bits per heavy atom. The summed E-state index contributed by atoms with van der Waals surface area (Å²) < 4.78 is 0. The van der Waals surface area contributed by atoms with Gasteiger partial charge in [-0.15, -0.1) is 0 Å². The van der Waals surface area contributed by atoms with Crippen molar-refractivity contribution in [3.63, 3.8) is 0 Å². The van der Waals surface area contributed by atoms with E-state index in [1.54, 1.807) is 12.1 Å². The first kappa shape index (κ1) is 12.6. The Hall–Kier alpha value is -1.51. The Kier molecular flexibility index (Phi) is 4.35. The van der Waals surface area contributed by atoms with Gasteiger partial charge in [0.25, 0.3) is 0 Å². The largest absolute Gasteiger partial charge is 0.507 e. The lowest BCUT2D eigenvalue weighted by Gasteiger charge is -2.14. The van der Waals surface area contributed by atoms with E-state index in [1.807, 2.05) is 6.92 Å². The number of aromatic hydroxyl groups is 1. The fourth-order valence-corrected chi connectivity index (χ4v) is 1.80. The van der Waals surface area contributed by atoms with Crippen LogP contribution in [0.2, 0.25) is 0 Å². The molecule has 16 heavy (non-hydrogen) atoms. The van der Waals surface area contributed by atoms with Crippen molar-refractivity contribution in [2.75, 3.05) is 0 Å². The summed E-state index contributed by atoms with van der Waals surface area (Å²) >= 11 is 0. The van der Waals surface area contributed by atoms with E-state index < -0.39 is 5.97 Å². The molecule has 0 aromatic heterocycles. The number of aromatic carboxylic acids is 1. The van der Waals surface area contributed by atoms with Crippen LogP contribution in [-0.4, -0.2) is 16.2 Å². The van der Waals surface area contributed by atoms with Crippen LogP contribution in [0.25, 0.3) is 0 Å². The van der Waals surface area contributed by atoms with Gasteiger partial charge in [-0.3, -0.25) is 0 Å². The van der Waals surface area contributed by atoms with E-state index in [4.69, 9.17) is 5.11 Å². The number of unbranched alkanes of at least 4 members (excludes halogenated alkanes) is 1. The predicted octanol–water partition coefficient (Wildman–Crippen LogP) is 3.38. The van der Waals surface area contributed by atoms with E-state index in [1.165, 1.54) is 6.07 Å². The number of rotatable bonds is 5. The second-order valence-electron chi connectivity index (χ2n) is 4.09. The average Bonchev–Trinajstić information content (AvgIpc) is 2.25. The highest BCUT2D eigenvalue weighted by Gasteiger charge is 2.16. The third kappa shape index (κ3) is 2.75. The lowest BCUT2D eigenvalue weighted by molar-refractivity contribution is 0.0693.